The molecule has 0 radical (unpaired) electrons. The number of carboxylic acid groups (broad SMARTS) is 1. The van der Waals surface area contributed by atoms with Crippen LogP contribution in [-0.4, -0.2) is 42.6 Å². The molecule has 0 bridgehead atoms. The summed E-state index contributed by atoms with van der Waals surface area (Å²) in [4.78, 5) is 29.6. The van der Waals surface area contributed by atoms with Crippen molar-refractivity contribution in [1.29, 1.82) is 0 Å². The predicted molar refractivity (Wildman–Crippen MR) is 45.9 cm³/mol. The second-order valence-corrected chi connectivity index (χ2v) is 1.85. The van der Waals surface area contributed by atoms with Gasteiger partial charge in [0.2, 0.25) is 0 Å². The third kappa shape index (κ3) is 13.1. The normalized spacial score (nSPS) is 8.21. The van der Waals surface area contributed by atoms with Crippen LogP contribution in [0, 0.1) is 0 Å². The molecule has 0 fully saturated rings. The maximum absolute atomic E-state index is 10.2. The summed E-state index contributed by atoms with van der Waals surface area (Å²) in [5.41, 5.74) is 14.2. The van der Waals surface area contributed by atoms with E-state index in [1.807, 2.05) is 0 Å². The van der Waals surface area contributed by atoms with Gasteiger partial charge in [0.25, 0.3) is 0 Å². The molecule has 7 N–H and O–H groups in total. The molecule has 0 aliphatic carbocycles. The third-order valence-corrected chi connectivity index (χ3v) is 0.736. The largest absolute Gasteiger partial charge is 0.480 e. The lowest BCUT2D eigenvalue weighted by atomic mass is 10.6. The molecule has 0 rings (SSSR count). The second kappa shape index (κ2) is 9.58. The summed E-state index contributed by atoms with van der Waals surface area (Å²) in [7, 11) is 0. The fraction of sp³-hybridized carbons (Fsp3) is 0.500. The zero-order valence-electron chi connectivity index (χ0n) is 7.43. The average Bonchev–Trinajstić information content (AvgIpc) is 2.18. The summed E-state index contributed by atoms with van der Waals surface area (Å²) in [5.74, 6) is -2.49. The number of carboxylic acids is 1. The van der Waals surface area contributed by atoms with Crippen LogP contribution in [0.3, 0.4) is 0 Å². The zero-order valence-corrected chi connectivity index (χ0v) is 7.43. The van der Waals surface area contributed by atoms with Gasteiger partial charge in [0.05, 0.1) is 19.6 Å². The lowest BCUT2D eigenvalue weighted by Crippen LogP contribution is -2.25. The fourth-order valence-corrected chi connectivity index (χ4v) is 0.210. The molecular weight excluding hydrogens is 194 g/mol. The van der Waals surface area contributed by atoms with Gasteiger partial charge < -0.3 is 27.0 Å². The average molecular weight is 207 g/mol. The number of rotatable bonds is 3. The van der Waals surface area contributed by atoms with Crippen LogP contribution < -0.4 is 17.2 Å². The molecule has 0 heterocycles. The van der Waals surface area contributed by atoms with Crippen molar-refractivity contribution < 1.29 is 24.2 Å². The Bertz CT molecular complexity index is 192. The molecule has 0 spiro atoms. The second-order valence-electron chi connectivity index (χ2n) is 1.85. The molecule has 8 nitrogen and oxygen atoms in total. The molecule has 0 aromatic heterocycles. The number of ether oxygens (including phenoxy) is 1. The van der Waals surface area contributed by atoms with Gasteiger partial charge in [0, 0.05) is 0 Å². The SMILES string of the molecule is NCC(=O)O.NCC(=O)OC(=O)CN. The summed E-state index contributed by atoms with van der Waals surface area (Å²) in [6.07, 6.45) is 0. The van der Waals surface area contributed by atoms with Crippen LogP contribution in [0.25, 0.3) is 0 Å². The van der Waals surface area contributed by atoms with Crippen LogP contribution in [0.2, 0.25) is 0 Å². The maximum Gasteiger partial charge on any atom is 0.327 e. The Balaban J connectivity index is 0. The molecule has 0 aliphatic rings. The van der Waals surface area contributed by atoms with Gasteiger partial charge >= 0.3 is 17.9 Å². The highest BCUT2D eigenvalue weighted by Crippen LogP contribution is 1.74. The number of aliphatic carboxylic acids is 1. The number of carbonyl (C=O) groups is 3. The zero-order chi connectivity index (χ0) is 11.6. The molecule has 0 saturated carbocycles. The summed E-state index contributed by atoms with van der Waals surface area (Å²) in [6, 6.07) is 0. The van der Waals surface area contributed by atoms with Crippen molar-refractivity contribution in [2.24, 2.45) is 17.2 Å². The van der Waals surface area contributed by atoms with Crippen LogP contribution >= 0.6 is 0 Å². The smallest absolute Gasteiger partial charge is 0.327 e. The summed E-state index contributed by atoms with van der Waals surface area (Å²) < 4.78 is 4.02. The van der Waals surface area contributed by atoms with Gasteiger partial charge in [-0.2, -0.15) is 0 Å². The Morgan fingerprint density at radius 1 is 0.929 bits per heavy atom. The van der Waals surface area contributed by atoms with Crippen molar-refractivity contribution in [3.8, 4) is 0 Å². The van der Waals surface area contributed by atoms with E-state index < -0.39 is 17.9 Å². The Labute approximate surface area is 80.0 Å². The Kier molecular flexibility index (Phi) is 10.3. The van der Waals surface area contributed by atoms with E-state index >= 15 is 0 Å². The maximum atomic E-state index is 10.2. The Morgan fingerprint density at radius 3 is 1.36 bits per heavy atom. The van der Waals surface area contributed by atoms with Crippen molar-refractivity contribution in [1.82, 2.24) is 0 Å². The summed E-state index contributed by atoms with van der Waals surface area (Å²) >= 11 is 0. The quantitative estimate of drug-likeness (QED) is 0.281. The molecule has 0 unspecified atom stereocenters. The van der Waals surface area contributed by atoms with E-state index in [1.54, 1.807) is 0 Å². The van der Waals surface area contributed by atoms with Gasteiger partial charge in [-0.1, -0.05) is 0 Å². The number of esters is 2. The van der Waals surface area contributed by atoms with E-state index in [-0.39, 0.29) is 19.6 Å². The number of carbonyl (C=O) groups excluding carboxylic acids is 2. The van der Waals surface area contributed by atoms with E-state index in [4.69, 9.17) is 16.6 Å². The van der Waals surface area contributed by atoms with Gasteiger partial charge in [0.1, 0.15) is 0 Å². The summed E-state index contributed by atoms with van der Waals surface area (Å²) in [6.45, 7) is -0.878. The molecule has 0 aliphatic heterocycles. The van der Waals surface area contributed by atoms with E-state index in [2.05, 4.69) is 10.5 Å². The number of hydrogen-bond donors (Lipinski definition) is 4. The monoisotopic (exact) mass is 207 g/mol. The molecular formula is C6H13N3O5. The first-order valence-corrected chi connectivity index (χ1v) is 3.53. The first kappa shape index (κ1) is 15.0. The minimum absolute atomic E-state index is 0.278. The first-order chi connectivity index (χ1) is 6.47. The lowest BCUT2D eigenvalue weighted by molar-refractivity contribution is -0.157. The van der Waals surface area contributed by atoms with Crippen molar-refractivity contribution in [3.63, 3.8) is 0 Å². The Hall–Kier alpha value is -1.51. The molecule has 0 atom stereocenters. The van der Waals surface area contributed by atoms with Crippen LogP contribution in [0.15, 0.2) is 0 Å². The van der Waals surface area contributed by atoms with E-state index in [0.717, 1.165) is 0 Å². The molecule has 82 valence electrons. The number of nitrogens with two attached hydrogens (primary N) is 3. The molecule has 14 heavy (non-hydrogen) atoms. The van der Waals surface area contributed by atoms with Crippen LogP contribution in [0.1, 0.15) is 0 Å². The highest BCUT2D eigenvalue weighted by molar-refractivity contribution is 5.87. The van der Waals surface area contributed by atoms with Gasteiger partial charge in [-0.15, -0.1) is 0 Å². The predicted octanol–water partition coefficient (Wildman–Crippen LogP) is -3.00. The fourth-order valence-electron chi connectivity index (χ4n) is 0.210. The molecule has 0 amide bonds. The Morgan fingerprint density at radius 2 is 1.21 bits per heavy atom. The molecule has 0 aromatic carbocycles. The van der Waals surface area contributed by atoms with E-state index in [1.165, 1.54) is 0 Å². The van der Waals surface area contributed by atoms with Crippen molar-refractivity contribution in [2.75, 3.05) is 19.6 Å². The number of hydrogen-bond acceptors (Lipinski definition) is 7. The lowest BCUT2D eigenvalue weighted by Gasteiger charge is -1.95. The first-order valence-electron chi connectivity index (χ1n) is 3.53. The van der Waals surface area contributed by atoms with Gasteiger partial charge in [-0.25, -0.2) is 0 Å². The third-order valence-electron chi connectivity index (χ3n) is 0.736. The van der Waals surface area contributed by atoms with Crippen molar-refractivity contribution in [3.05, 3.63) is 0 Å². The highest BCUT2D eigenvalue weighted by Gasteiger charge is 2.04. The standard InChI is InChI=1S/C4H8N2O3.C2H5NO2/c5-1-3(7)9-4(8)2-6;3-1-2(4)5/h1-2,5-6H2;1,3H2,(H,4,5). The molecule has 0 aromatic rings. The minimum Gasteiger partial charge on any atom is -0.480 e. The summed E-state index contributed by atoms with van der Waals surface area (Å²) in [5, 5.41) is 7.60. The molecule has 0 saturated heterocycles. The van der Waals surface area contributed by atoms with Crippen molar-refractivity contribution >= 4 is 17.9 Å². The molecule has 8 heteroatoms. The van der Waals surface area contributed by atoms with Crippen LogP contribution in [0.5, 0.6) is 0 Å². The van der Waals surface area contributed by atoms with Gasteiger partial charge in [-0.05, 0) is 0 Å². The highest BCUT2D eigenvalue weighted by atomic mass is 16.6. The van der Waals surface area contributed by atoms with E-state index in [9.17, 15) is 14.4 Å². The van der Waals surface area contributed by atoms with Crippen LogP contribution in [-0.2, 0) is 19.1 Å². The van der Waals surface area contributed by atoms with Crippen LogP contribution in [0.4, 0.5) is 0 Å². The van der Waals surface area contributed by atoms with Crippen molar-refractivity contribution in [2.45, 2.75) is 0 Å². The minimum atomic E-state index is -0.968. The van der Waals surface area contributed by atoms with Gasteiger partial charge in [-0.3, -0.25) is 14.4 Å². The topological polar surface area (TPSA) is 159 Å². The van der Waals surface area contributed by atoms with E-state index in [0.29, 0.717) is 0 Å². The van der Waals surface area contributed by atoms with Gasteiger partial charge in [0.15, 0.2) is 0 Å².